The lowest BCUT2D eigenvalue weighted by Gasteiger charge is -2.07. The fraction of sp³-hybridized carbons (Fsp3) is 0.455. The molecule has 0 radical (unpaired) electrons. The van der Waals surface area contributed by atoms with Crippen molar-refractivity contribution in [2.24, 2.45) is 0 Å². The van der Waals surface area contributed by atoms with Crippen LogP contribution in [0.1, 0.15) is 79.2 Å². The number of carbonyl (C=O) groups is 2. The average molecular weight is 371 g/mol. The molecule has 2 aromatic rings. The average Bonchev–Trinajstić information content (AvgIpc) is 3.22. The summed E-state index contributed by atoms with van der Waals surface area (Å²) in [4.78, 5) is 23.9. The standard InChI is InChI=1S/C22H29NO4/c1-2-3-4-5-6-7-8-9-16-27-22(25)18-12-14-19(15-13-18)23-21(24)20-11-10-17-26-20/h10-15,17H,2-9,16H2,1H3,(H,23,24). The Morgan fingerprint density at radius 2 is 1.59 bits per heavy atom. The molecule has 0 aliphatic carbocycles. The molecule has 1 amide bonds. The van der Waals surface area contributed by atoms with Crippen molar-refractivity contribution in [1.29, 1.82) is 0 Å². The Labute approximate surface area is 161 Å². The molecular formula is C22H29NO4. The number of benzene rings is 1. The van der Waals surface area contributed by atoms with Gasteiger partial charge in [0.05, 0.1) is 18.4 Å². The van der Waals surface area contributed by atoms with Gasteiger partial charge >= 0.3 is 5.97 Å². The predicted octanol–water partition coefficient (Wildman–Crippen LogP) is 5.83. The summed E-state index contributed by atoms with van der Waals surface area (Å²) in [6, 6.07) is 9.88. The van der Waals surface area contributed by atoms with Crippen LogP contribution in [-0.2, 0) is 4.74 Å². The first-order chi connectivity index (χ1) is 13.2. The monoisotopic (exact) mass is 371 g/mol. The number of hydrogen-bond acceptors (Lipinski definition) is 4. The van der Waals surface area contributed by atoms with Crippen LogP contribution < -0.4 is 5.32 Å². The number of anilines is 1. The highest BCUT2D eigenvalue weighted by atomic mass is 16.5. The molecule has 0 aliphatic heterocycles. The number of amides is 1. The van der Waals surface area contributed by atoms with Crippen molar-refractivity contribution < 1.29 is 18.7 Å². The van der Waals surface area contributed by atoms with E-state index in [2.05, 4.69) is 12.2 Å². The molecule has 146 valence electrons. The molecule has 0 atom stereocenters. The Bertz CT molecular complexity index is 677. The molecule has 0 unspecified atom stereocenters. The predicted molar refractivity (Wildman–Crippen MR) is 106 cm³/mol. The molecule has 0 saturated heterocycles. The third-order valence-electron chi connectivity index (χ3n) is 4.35. The van der Waals surface area contributed by atoms with E-state index in [1.54, 1.807) is 36.4 Å². The molecule has 5 heteroatoms. The van der Waals surface area contributed by atoms with Crippen molar-refractivity contribution in [2.75, 3.05) is 11.9 Å². The fourth-order valence-corrected chi connectivity index (χ4v) is 2.77. The van der Waals surface area contributed by atoms with Crippen molar-refractivity contribution in [1.82, 2.24) is 0 Å². The summed E-state index contributed by atoms with van der Waals surface area (Å²) in [6.45, 7) is 2.67. The van der Waals surface area contributed by atoms with Crippen molar-refractivity contribution in [3.05, 3.63) is 54.0 Å². The van der Waals surface area contributed by atoms with Gasteiger partial charge < -0.3 is 14.5 Å². The van der Waals surface area contributed by atoms with Gasteiger partial charge in [-0.15, -0.1) is 0 Å². The van der Waals surface area contributed by atoms with Crippen molar-refractivity contribution in [2.45, 2.75) is 58.3 Å². The number of ether oxygens (including phenoxy) is 1. The van der Waals surface area contributed by atoms with Gasteiger partial charge in [0.15, 0.2) is 5.76 Å². The maximum Gasteiger partial charge on any atom is 0.338 e. The lowest BCUT2D eigenvalue weighted by atomic mass is 10.1. The minimum Gasteiger partial charge on any atom is -0.462 e. The number of esters is 1. The van der Waals surface area contributed by atoms with Gasteiger partial charge in [0, 0.05) is 5.69 Å². The van der Waals surface area contributed by atoms with Crippen LogP contribution in [0.3, 0.4) is 0 Å². The van der Waals surface area contributed by atoms with E-state index < -0.39 is 0 Å². The SMILES string of the molecule is CCCCCCCCCCOC(=O)c1ccc(NC(=O)c2ccco2)cc1. The molecule has 0 aliphatic rings. The second-order valence-corrected chi connectivity index (χ2v) is 6.62. The summed E-state index contributed by atoms with van der Waals surface area (Å²) in [5.74, 6) is -0.421. The first-order valence-electron chi connectivity index (χ1n) is 9.82. The van der Waals surface area contributed by atoms with Gasteiger partial charge in [-0.1, -0.05) is 51.9 Å². The van der Waals surface area contributed by atoms with Gasteiger partial charge in [-0.25, -0.2) is 4.79 Å². The van der Waals surface area contributed by atoms with E-state index in [9.17, 15) is 9.59 Å². The Balaban J connectivity index is 1.63. The largest absolute Gasteiger partial charge is 0.462 e. The molecule has 0 saturated carbocycles. The second-order valence-electron chi connectivity index (χ2n) is 6.62. The molecule has 1 N–H and O–H groups in total. The highest BCUT2D eigenvalue weighted by Crippen LogP contribution is 2.13. The van der Waals surface area contributed by atoms with Gasteiger partial charge in [0.2, 0.25) is 0 Å². The Morgan fingerprint density at radius 1 is 0.926 bits per heavy atom. The number of hydrogen-bond donors (Lipinski definition) is 1. The number of furan rings is 1. The molecule has 1 aromatic carbocycles. The lowest BCUT2D eigenvalue weighted by Crippen LogP contribution is -2.11. The molecule has 2 rings (SSSR count). The molecule has 1 heterocycles. The Hall–Kier alpha value is -2.56. The minimum absolute atomic E-state index is 0.240. The van der Waals surface area contributed by atoms with E-state index in [0.717, 1.165) is 12.8 Å². The van der Waals surface area contributed by atoms with E-state index in [1.165, 1.54) is 44.8 Å². The fourth-order valence-electron chi connectivity index (χ4n) is 2.77. The molecular weight excluding hydrogens is 342 g/mol. The van der Waals surface area contributed by atoms with E-state index in [1.807, 2.05) is 0 Å². The molecule has 0 fully saturated rings. The number of nitrogens with one attached hydrogen (secondary N) is 1. The van der Waals surface area contributed by atoms with Crippen LogP contribution in [0.15, 0.2) is 47.1 Å². The van der Waals surface area contributed by atoms with E-state index >= 15 is 0 Å². The van der Waals surface area contributed by atoms with Crippen LogP contribution in [0, 0.1) is 0 Å². The zero-order valence-corrected chi connectivity index (χ0v) is 16.0. The highest BCUT2D eigenvalue weighted by molar-refractivity contribution is 6.02. The van der Waals surface area contributed by atoms with Crippen LogP contribution in [0.25, 0.3) is 0 Å². The summed E-state index contributed by atoms with van der Waals surface area (Å²) in [5.41, 5.74) is 1.07. The smallest absolute Gasteiger partial charge is 0.338 e. The quantitative estimate of drug-likeness (QED) is 0.376. The molecule has 1 aromatic heterocycles. The van der Waals surface area contributed by atoms with Gasteiger partial charge in [-0.2, -0.15) is 0 Å². The van der Waals surface area contributed by atoms with Crippen LogP contribution in [-0.4, -0.2) is 18.5 Å². The second kappa shape index (κ2) is 11.9. The number of carbonyl (C=O) groups excluding carboxylic acids is 2. The maximum atomic E-state index is 12.0. The summed E-state index contributed by atoms with van der Waals surface area (Å²) in [6.07, 6.45) is 11.1. The van der Waals surface area contributed by atoms with Crippen LogP contribution in [0.5, 0.6) is 0 Å². The first-order valence-corrected chi connectivity index (χ1v) is 9.82. The van der Waals surface area contributed by atoms with Crippen LogP contribution in [0.4, 0.5) is 5.69 Å². The van der Waals surface area contributed by atoms with Crippen LogP contribution >= 0.6 is 0 Å². The van der Waals surface area contributed by atoms with Gasteiger partial charge in [0.1, 0.15) is 0 Å². The van der Waals surface area contributed by atoms with Crippen molar-refractivity contribution in [3.8, 4) is 0 Å². The van der Waals surface area contributed by atoms with Crippen molar-refractivity contribution >= 4 is 17.6 Å². The summed E-state index contributed by atoms with van der Waals surface area (Å²) in [5, 5.41) is 2.71. The van der Waals surface area contributed by atoms with Crippen molar-refractivity contribution in [3.63, 3.8) is 0 Å². The number of rotatable bonds is 12. The molecule has 27 heavy (non-hydrogen) atoms. The van der Waals surface area contributed by atoms with Crippen LogP contribution in [0.2, 0.25) is 0 Å². The van der Waals surface area contributed by atoms with Gasteiger partial charge in [0.25, 0.3) is 5.91 Å². The van der Waals surface area contributed by atoms with E-state index in [0.29, 0.717) is 17.9 Å². The highest BCUT2D eigenvalue weighted by Gasteiger charge is 2.10. The first kappa shape index (κ1) is 20.7. The van der Waals surface area contributed by atoms with Gasteiger partial charge in [-0.05, 0) is 42.8 Å². The zero-order chi connectivity index (χ0) is 19.3. The third kappa shape index (κ3) is 7.69. The number of unbranched alkanes of at least 4 members (excludes halogenated alkanes) is 7. The Morgan fingerprint density at radius 3 is 2.22 bits per heavy atom. The lowest BCUT2D eigenvalue weighted by molar-refractivity contribution is 0.0497. The normalized spacial score (nSPS) is 10.6. The topological polar surface area (TPSA) is 68.5 Å². The van der Waals surface area contributed by atoms with E-state index in [-0.39, 0.29) is 17.6 Å². The Kier molecular flexibility index (Phi) is 9.18. The van der Waals surface area contributed by atoms with Gasteiger partial charge in [-0.3, -0.25) is 4.79 Å². The minimum atomic E-state index is -0.332. The maximum absolute atomic E-state index is 12.0. The molecule has 5 nitrogen and oxygen atoms in total. The summed E-state index contributed by atoms with van der Waals surface area (Å²) in [7, 11) is 0. The van der Waals surface area contributed by atoms with E-state index in [4.69, 9.17) is 9.15 Å². The molecule has 0 bridgehead atoms. The third-order valence-corrected chi connectivity index (χ3v) is 4.35. The summed E-state index contributed by atoms with van der Waals surface area (Å²) >= 11 is 0. The molecule has 0 spiro atoms. The zero-order valence-electron chi connectivity index (χ0n) is 16.0. The summed E-state index contributed by atoms with van der Waals surface area (Å²) < 4.78 is 10.4.